The third-order valence-corrected chi connectivity index (χ3v) is 3.22. The number of carbonyl (C=O) groups is 1. The Morgan fingerprint density at radius 3 is 2.45 bits per heavy atom. The average Bonchev–Trinajstić information content (AvgIpc) is 2.45. The highest BCUT2D eigenvalue weighted by Gasteiger charge is 2.11. The van der Waals surface area contributed by atoms with Crippen LogP contribution >= 0.6 is 0 Å². The highest BCUT2D eigenvalue weighted by molar-refractivity contribution is 5.94. The summed E-state index contributed by atoms with van der Waals surface area (Å²) < 4.78 is 12.8. The molecule has 2 aromatic carbocycles. The number of primary amides is 1. The summed E-state index contributed by atoms with van der Waals surface area (Å²) in [6.07, 6.45) is 0.268. The summed E-state index contributed by atoms with van der Waals surface area (Å²) in [5.41, 5.74) is 7.24. The van der Waals surface area contributed by atoms with Crippen LogP contribution < -0.4 is 5.73 Å². The van der Waals surface area contributed by atoms with Gasteiger partial charge >= 0.3 is 0 Å². The highest BCUT2D eigenvalue weighted by atomic mass is 19.1. The van der Waals surface area contributed by atoms with Gasteiger partial charge in [0, 0.05) is 5.56 Å². The maximum absolute atomic E-state index is 12.8. The van der Waals surface area contributed by atoms with Crippen molar-refractivity contribution >= 4 is 5.91 Å². The summed E-state index contributed by atoms with van der Waals surface area (Å²) >= 11 is 0. The van der Waals surface area contributed by atoms with Crippen LogP contribution in [0.2, 0.25) is 0 Å². The summed E-state index contributed by atoms with van der Waals surface area (Å²) in [6, 6.07) is 12.8. The van der Waals surface area contributed by atoms with Crippen molar-refractivity contribution in [3.8, 4) is 0 Å². The number of halogens is 1. The lowest BCUT2D eigenvalue weighted by molar-refractivity contribution is 0.0998. The van der Waals surface area contributed by atoms with Gasteiger partial charge in [0.25, 0.3) is 0 Å². The molecule has 1 unspecified atom stereocenters. The van der Waals surface area contributed by atoms with Crippen LogP contribution in [-0.2, 0) is 6.42 Å². The Morgan fingerprint density at radius 2 is 1.80 bits per heavy atom. The SMILES string of the molecule is NC(=O)c1ccccc1CCC(O)c1ccc(F)cc1. The van der Waals surface area contributed by atoms with Crippen molar-refractivity contribution in [3.05, 3.63) is 71.0 Å². The Bertz CT molecular complexity index is 596. The smallest absolute Gasteiger partial charge is 0.248 e. The predicted octanol–water partition coefficient (Wildman–Crippen LogP) is 2.59. The fraction of sp³-hybridized carbons (Fsp3) is 0.188. The van der Waals surface area contributed by atoms with Crippen LogP contribution in [-0.4, -0.2) is 11.0 Å². The van der Waals surface area contributed by atoms with E-state index in [1.54, 1.807) is 24.3 Å². The van der Waals surface area contributed by atoms with Gasteiger partial charge in [-0.05, 0) is 42.2 Å². The lowest BCUT2D eigenvalue weighted by Gasteiger charge is -2.12. The third-order valence-electron chi connectivity index (χ3n) is 3.22. The van der Waals surface area contributed by atoms with Crippen LogP contribution in [0.1, 0.15) is 34.0 Å². The van der Waals surface area contributed by atoms with Crippen LogP contribution in [0.5, 0.6) is 0 Å². The Hall–Kier alpha value is -2.20. The quantitative estimate of drug-likeness (QED) is 0.879. The van der Waals surface area contributed by atoms with Gasteiger partial charge in [-0.3, -0.25) is 4.79 Å². The van der Waals surface area contributed by atoms with E-state index in [4.69, 9.17) is 5.73 Å². The molecule has 0 bridgehead atoms. The number of hydrogen-bond acceptors (Lipinski definition) is 2. The van der Waals surface area contributed by atoms with E-state index in [2.05, 4.69) is 0 Å². The summed E-state index contributed by atoms with van der Waals surface area (Å²) in [6.45, 7) is 0. The first-order chi connectivity index (χ1) is 9.58. The zero-order valence-electron chi connectivity index (χ0n) is 10.9. The molecule has 2 rings (SSSR count). The molecule has 0 saturated heterocycles. The van der Waals surface area contributed by atoms with Crippen LogP contribution in [0.4, 0.5) is 4.39 Å². The fourth-order valence-electron chi connectivity index (χ4n) is 2.12. The molecule has 0 fully saturated rings. The summed E-state index contributed by atoms with van der Waals surface area (Å²) in [5.74, 6) is -0.808. The minimum Gasteiger partial charge on any atom is -0.388 e. The number of rotatable bonds is 5. The second-order valence-electron chi connectivity index (χ2n) is 4.63. The van der Waals surface area contributed by atoms with E-state index in [0.29, 0.717) is 24.0 Å². The molecule has 0 aliphatic rings. The van der Waals surface area contributed by atoms with Gasteiger partial charge in [0.2, 0.25) is 5.91 Å². The molecule has 1 atom stereocenters. The van der Waals surface area contributed by atoms with Crippen molar-refractivity contribution in [1.29, 1.82) is 0 Å². The molecule has 104 valence electrons. The van der Waals surface area contributed by atoms with E-state index < -0.39 is 12.0 Å². The van der Waals surface area contributed by atoms with E-state index in [1.807, 2.05) is 12.1 Å². The number of nitrogens with two attached hydrogens (primary N) is 1. The van der Waals surface area contributed by atoms with Crippen molar-refractivity contribution in [3.63, 3.8) is 0 Å². The number of hydrogen-bond donors (Lipinski definition) is 2. The van der Waals surface area contributed by atoms with E-state index in [9.17, 15) is 14.3 Å². The van der Waals surface area contributed by atoms with Crippen molar-refractivity contribution in [2.75, 3.05) is 0 Å². The second kappa shape index (κ2) is 6.30. The number of aliphatic hydroxyl groups is 1. The minimum atomic E-state index is -0.698. The molecular weight excluding hydrogens is 257 g/mol. The first-order valence-electron chi connectivity index (χ1n) is 6.39. The molecule has 1 amide bonds. The van der Waals surface area contributed by atoms with Crippen LogP contribution in [0, 0.1) is 5.82 Å². The van der Waals surface area contributed by atoms with Gasteiger partial charge in [-0.25, -0.2) is 4.39 Å². The Kier molecular flexibility index (Phi) is 4.48. The lowest BCUT2D eigenvalue weighted by Crippen LogP contribution is -2.14. The maximum Gasteiger partial charge on any atom is 0.248 e. The molecule has 20 heavy (non-hydrogen) atoms. The van der Waals surface area contributed by atoms with Crippen molar-refractivity contribution < 1.29 is 14.3 Å². The normalized spacial score (nSPS) is 12.1. The largest absolute Gasteiger partial charge is 0.388 e. The molecule has 3 nitrogen and oxygen atoms in total. The van der Waals surface area contributed by atoms with E-state index >= 15 is 0 Å². The average molecular weight is 273 g/mol. The second-order valence-corrected chi connectivity index (χ2v) is 4.63. The van der Waals surface area contributed by atoms with Crippen LogP contribution in [0.15, 0.2) is 48.5 Å². The molecule has 0 aliphatic carbocycles. The maximum atomic E-state index is 12.8. The van der Waals surface area contributed by atoms with Crippen molar-refractivity contribution in [1.82, 2.24) is 0 Å². The molecule has 3 N–H and O–H groups in total. The topological polar surface area (TPSA) is 63.3 Å². The zero-order chi connectivity index (χ0) is 14.5. The van der Waals surface area contributed by atoms with Crippen molar-refractivity contribution in [2.24, 2.45) is 5.73 Å². The first kappa shape index (κ1) is 14.2. The molecule has 4 heteroatoms. The van der Waals surface area contributed by atoms with E-state index in [1.165, 1.54) is 12.1 Å². The van der Waals surface area contributed by atoms with Crippen LogP contribution in [0.3, 0.4) is 0 Å². The van der Waals surface area contributed by atoms with Gasteiger partial charge < -0.3 is 10.8 Å². The number of aryl methyl sites for hydroxylation is 1. The number of amides is 1. The van der Waals surface area contributed by atoms with E-state index in [-0.39, 0.29) is 5.82 Å². The zero-order valence-corrected chi connectivity index (χ0v) is 10.9. The molecule has 0 spiro atoms. The van der Waals surface area contributed by atoms with Crippen molar-refractivity contribution in [2.45, 2.75) is 18.9 Å². The van der Waals surface area contributed by atoms with Gasteiger partial charge in [-0.2, -0.15) is 0 Å². The minimum absolute atomic E-state index is 0.333. The molecular formula is C16H16FNO2. The first-order valence-corrected chi connectivity index (χ1v) is 6.39. The monoisotopic (exact) mass is 273 g/mol. The fourth-order valence-corrected chi connectivity index (χ4v) is 2.12. The van der Waals surface area contributed by atoms with Gasteiger partial charge in [0.1, 0.15) is 5.82 Å². The summed E-state index contributed by atoms with van der Waals surface area (Å²) in [4.78, 5) is 11.3. The summed E-state index contributed by atoms with van der Waals surface area (Å²) in [7, 11) is 0. The number of carbonyl (C=O) groups excluding carboxylic acids is 1. The van der Waals surface area contributed by atoms with Gasteiger partial charge in [0.15, 0.2) is 0 Å². The van der Waals surface area contributed by atoms with Crippen LogP contribution in [0.25, 0.3) is 0 Å². The predicted molar refractivity (Wildman–Crippen MR) is 74.6 cm³/mol. The summed E-state index contributed by atoms with van der Waals surface area (Å²) in [5, 5.41) is 10.1. The van der Waals surface area contributed by atoms with Gasteiger partial charge in [-0.15, -0.1) is 0 Å². The molecule has 0 radical (unpaired) electrons. The Labute approximate surface area is 116 Å². The number of aliphatic hydroxyl groups excluding tert-OH is 1. The standard InChI is InChI=1S/C16H16FNO2/c17-13-8-5-12(6-9-13)15(19)10-7-11-3-1-2-4-14(11)16(18)20/h1-6,8-9,15,19H,7,10H2,(H2,18,20). The van der Waals surface area contributed by atoms with E-state index in [0.717, 1.165) is 5.56 Å². The molecule has 2 aromatic rings. The number of benzene rings is 2. The Morgan fingerprint density at radius 1 is 1.15 bits per heavy atom. The van der Waals surface area contributed by atoms with Gasteiger partial charge in [-0.1, -0.05) is 30.3 Å². The molecule has 0 heterocycles. The Balaban J connectivity index is 2.05. The van der Waals surface area contributed by atoms with Gasteiger partial charge in [0.05, 0.1) is 6.10 Å². The molecule has 0 aromatic heterocycles. The molecule has 0 saturated carbocycles. The highest BCUT2D eigenvalue weighted by Crippen LogP contribution is 2.20. The third kappa shape index (κ3) is 3.42. The molecule has 0 aliphatic heterocycles. The lowest BCUT2D eigenvalue weighted by atomic mass is 9.98.